The third-order valence-electron chi connectivity index (χ3n) is 3.36. The van der Waals surface area contributed by atoms with Crippen LogP contribution in [0.4, 0.5) is 5.82 Å². The van der Waals surface area contributed by atoms with E-state index in [1.54, 1.807) is 7.11 Å². The Morgan fingerprint density at radius 3 is 2.83 bits per heavy atom. The summed E-state index contributed by atoms with van der Waals surface area (Å²) in [6, 6.07) is 0. The number of nitrogens with zero attached hydrogens (tertiary/aromatic N) is 3. The second-order valence-corrected chi connectivity index (χ2v) is 5.08. The molecule has 0 N–H and O–H groups in total. The first-order chi connectivity index (χ1) is 8.65. The molecule has 0 spiro atoms. The van der Waals surface area contributed by atoms with Gasteiger partial charge in [-0.1, -0.05) is 18.5 Å². The van der Waals surface area contributed by atoms with Crippen LogP contribution in [0.2, 0.25) is 5.15 Å². The lowest BCUT2D eigenvalue weighted by Crippen LogP contribution is -2.24. The second-order valence-electron chi connectivity index (χ2n) is 4.72. The summed E-state index contributed by atoms with van der Waals surface area (Å²) in [6.07, 6.45) is 3.24. The number of aromatic nitrogens is 2. The molecule has 18 heavy (non-hydrogen) atoms. The summed E-state index contributed by atoms with van der Waals surface area (Å²) in [6.45, 7) is 5.95. The highest BCUT2D eigenvalue weighted by Gasteiger charge is 2.25. The lowest BCUT2D eigenvalue weighted by Gasteiger charge is -2.20. The van der Waals surface area contributed by atoms with Gasteiger partial charge >= 0.3 is 0 Å². The van der Waals surface area contributed by atoms with E-state index in [4.69, 9.17) is 16.3 Å². The molecule has 5 heteroatoms. The molecule has 1 atom stereocenters. The Bertz CT molecular complexity index is 425. The average molecular weight is 270 g/mol. The summed E-state index contributed by atoms with van der Waals surface area (Å²) in [5.74, 6) is 1.81. The van der Waals surface area contributed by atoms with Crippen LogP contribution in [0.15, 0.2) is 0 Å². The smallest absolute Gasteiger partial charge is 0.137 e. The highest BCUT2D eigenvalue weighted by Crippen LogP contribution is 2.27. The Hall–Kier alpha value is -0.870. The standard InChI is InChI=1S/C13H20ClN3O/c1-4-5-11-15-12(14)9(2)13(16-11)17-7-6-10(8-17)18-3/h10H,4-8H2,1-3H3. The van der Waals surface area contributed by atoms with E-state index in [0.717, 1.165) is 49.6 Å². The van der Waals surface area contributed by atoms with Crippen LogP contribution in [-0.4, -0.2) is 36.3 Å². The van der Waals surface area contributed by atoms with Gasteiger partial charge in [-0.3, -0.25) is 0 Å². The van der Waals surface area contributed by atoms with Crippen molar-refractivity contribution < 1.29 is 4.74 Å². The van der Waals surface area contributed by atoms with Crippen molar-refractivity contribution in [3.05, 3.63) is 16.5 Å². The molecule has 2 heterocycles. The van der Waals surface area contributed by atoms with Gasteiger partial charge in [0.1, 0.15) is 16.8 Å². The number of hydrogen-bond donors (Lipinski definition) is 0. The van der Waals surface area contributed by atoms with E-state index in [1.807, 2.05) is 6.92 Å². The van der Waals surface area contributed by atoms with Crippen LogP contribution < -0.4 is 4.90 Å². The molecule has 0 amide bonds. The van der Waals surface area contributed by atoms with E-state index in [9.17, 15) is 0 Å². The molecule has 0 aliphatic carbocycles. The first-order valence-corrected chi connectivity index (χ1v) is 6.84. The lowest BCUT2D eigenvalue weighted by atomic mass is 10.3. The predicted octanol–water partition coefficient (Wildman–Crippen LogP) is 2.62. The van der Waals surface area contributed by atoms with Crippen molar-refractivity contribution >= 4 is 17.4 Å². The Kier molecular flexibility index (Phi) is 4.40. The van der Waals surface area contributed by atoms with Gasteiger partial charge in [-0.05, 0) is 19.8 Å². The van der Waals surface area contributed by atoms with Crippen molar-refractivity contribution in [2.75, 3.05) is 25.1 Å². The molecule has 0 radical (unpaired) electrons. The molecule has 1 unspecified atom stereocenters. The molecular weight excluding hydrogens is 250 g/mol. The zero-order chi connectivity index (χ0) is 13.1. The second kappa shape index (κ2) is 5.85. The Labute approximate surface area is 113 Å². The Morgan fingerprint density at radius 1 is 1.44 bits per heavy atom. The van der Waals surface area contributed by atoms with Gasteiger partial charge in [0.05, 0.1) is 6.10 Å². The van der Waals surface area contributed by atoms with Crippen LogP contribution in [0.3, 0.4) is 0 Å². The molecule has 2 rings (SSSR count). The fraction of sp³-hybridized carbons (Fsp3) is 0.692. The van der Waals surface area contributed by atoms with Crippen molar-refractivity contribution in [2.24, 2.45) is 0 Å². The summed E-state index contributed by atoms with van der Waals surface area (Å²) in [4.78, 5) is 11.2. The minimum atomic E-state index is 0.299. The minimum Gasteiger partial charge on any atom is -0.380 e. The molecule has 100 valence electrons. The summed E-state index contributed by atoms with van der Waals surface area (Å²) in [5, 5.41) is 0.573. The number of rotatable bonds is 4. The fourth-order valence-corrected chi connectivity index (χ4v) is 2.46. The SMILES string of the molecule is CCCc1nc(Cl)c(C)c(N2CCC(OC)C2)n1. The Balaban J connectivity index is 2.26. The van der Waals surface area contributed by atoms with Gasteiger partial charge in [0.2, 0.25) is 0 Å². The summed E-state index contributed by atoms with van der Waals surface area (Å²) in [5.41, 5.74) is 0.966. The van der Waals surface area contributed by atoms with Gasteiger partial charge in [0, 0.05) is 32.2 Å². The van der Waals surface area contributed by atoms with E-state index in [-0.39, 0.29) is 0 Å². The van der Waals surface area contributed by atoms with Crippen LogP contribution in [0.1, 0.15) is 31.2 Å². The average Bonchev–Trinajstić information content (AvgIpc) is 2.82. The molecule has 1 fully saturated rings. The first-order valence-electron chi connectivity index (χ1n) is 6.46. The maximum absolute atomic E-state index is 6.19. The van der Waals surface area contributed by atoms with E-state index >= 15 is 0 Å². The normalized spacial score (nSPS) is 19.6. The zero-order valence-corrected chi connectivity index (χ0v) is 12.0. The third-order valence-corrected chi connectivity index (χ3v) is 3.73. The Morgan fingerprint density at radius 2 is 2.22 bits per heavy atom. The summed E-state index contributed by atoms with van der Waals surface area (Å²) >= 11 is 6.19. The van der Waals surface area contributed by atoms with Crippen LogP contribution in [0.5, 0.6) is 0 Å². The number of anilines is 1. The highest BCUT2D eigenvalue weighted by molar-refractivity contribution is 6.30. The molecule has 1 aliphatic heterocycles. The van der Waals surface area contributed by atoms with Crippen LogP contribution in [-0.2, 0) is 11.2 Å². The van der Waals surface area contributed by atoms with Gasteiger partial charge in [-0.25, -0.2) is 9.97 Å². The largest absolute Gasteiger partial charge is 0.380 e. The topological polar surface area (TPSA) is 38.2 Å². The van der Waals surface area contributed by atoms with Gasteiger partial charge < -0.3 is 9.64 Å². The van der Waals surface area contributed by atoms with E-state index in [2.05, 4.69) is 21.8 Å². The fourth-order valence-electron chi connectivity index (χ4n) is 2.28. The van der Waals surface area contributed by atoms with Crippen LogP contribution in [0.25, 0.3) is 0 Å². The predicted molar refractivity (Wildman–Crippen MR) is 73.4 cm³/mol. The molecule has 0 saturated carbocycles. The van der Waals surface area contributed by atoms with E-state index < -0.39 is 0 Å². The maximum Gasteiger partial charge on any atom is 0.137 e. The van der Waals surface area contributed by atoms with Gasteiger partial charge in [-0.2, -0.15) is 0 Å². The summed E-state index contributed by atoms with van der Waals surface area (Å²) in [7, 11) is 1.76. The van der Waals surface area contributed by atoms with Crippen molar-refractivity contribution in [2.45, 2.75) is 39.2 Å². The van der Waals surface area contributed by atoms with Crippen LogP contribution in [0, 0.1) is 6.92 Å². The molecule has 1 aromatic rings. The molecule has 1 aromatic heterocycles. The molecule has 0 aromatic carbocycles. The molecule has 1 aliphatic rings. The highest BCUT2D eigenvalue weighted by atomic mass is 35.5. The van der Waals surface area contributed by atoms with Crippen molar-refractivity contribution in [1.82, 2.24) is 9.97 Å². The number of aryl methyl sites for hydroxylation is 1. The van der Waals surface area contributed by atoms with Crippen molar-refractivity contribution in [3.63, 3.8) is 0 Å². The molecular formula is C13H20ClN3O. The number of methoxy groups -OCH3 is 1. The molecule has 0 bridgehead atoms. The monoisotopic (exact) mass is 269 g/mol. The minimum absolute atomic E-state index is 0.299. The van der Waals surface area contributed by atoms with Crippen molar-refractivity contribution in [1.29, 1.82) is 0 Å². The molecule has 1 saturated heterocycles. The van der Waals surface area contributed by atoms with Gasteiger partial charge in [-0.15, -0.1) is 0 Å². The van der Waals surface area contributed by atoms with Gasteiger partial charge in [0.15, 0.2) is 0 Å². The number of halogens is 1. The number of hydrogen-bond acceptors (Lipinski definition) is 4. The van der Waals surface area contributed by atoms with Crippen molar-refractivity contribution in [3.8, 4) is 0 Å². The third kappa shape index (κ3) is 2.75. The number of ether oxygens (including phenoxy) is 1. The van der Waals surface area contributed by atoms with E-state index in [1.165, 1.54) is 0 Å². The van der Waals surface area contributed by atoms with Gasteiger partial charge in [0.25, 0.3) is 0 Å². The first kappa shape index (κ1) is 13.6. The van der Waals surface area contributed by atoms with E-state index in [0.29, 0.717) is 11.3 Å². The maximum atomic E-state index is 6.19. The summed E-state index contributed by atoms with van der Waals surface area (Å²) < 4.78 is 5.39. The van der Waals surface area contributed by atoms with Crippen LogP contribution >= 0.6 is 11.6 Å². The molecule has 4 nitrogen and oxygen atoms in total. The quantitative estimate of drug-likeness (QED) is 0.788. The lowest BCUT2D eigenvalue weighted by molar-refractivity contribution is 0.121. The zero-order valence-electron chi connectivity index (χ0n) is 11.2.